The Hall–Kier alpha value is -4.37. The molecule has 1 atom stereocenters. The van der Waals surface area contributed by atoms with Crippen LogP contribution in [0.3, 0.4) is 0 Å². The highest BCUT2D eigenvalue weighted by Crippen LogP contribution is 2.32. The molecule has 1 amide bonds. The summed E-state index contributed by atoms with van der Waals surface area (Å²) in [7, 11) is 0. The first-order valence-electron chi connectivity index (χ1n) is 11.1. The summed E-state index contributed by atoms with van der Waals surface area (Å²) in [5, 5.41) is 5.92. The van der Waals surface area contributed by atoms with Crippen LogP contribution in [0, 0.1) is 5.82 Å². The molecule has 0 saturated carbocycles. The number of carbonyl (C=O) groups is 1. The van der Waals surface area contributed by atoms with Crippen LogP contribution in [0.25, 0.3) is 22.7 Å². The molecule has 3 aromatic carbocycles. The SMILES string of the molecule is O=C(Cc1ccccc1)NC(S)Nc1ccc(Oc2ccnc3nc(-c4ccc(F)cc4)oc23)cc1. The molecule has 7 nitrogen and oxygen atoms in total. The van der Waals surface area contributed by atoms with Crippen LogP contribution in [-0.4, -0.2) is 21.4 Å². The summed E-state index contributed by atoms with van der Waals surface area (Å²) in [6.45, 7) is 0. The number of carbonyl (C=O) groups excluding carboxylic acids is 1. The maximum Gasteiger partial charge on any atom is 0.229 e. The summed E-state index contributed by atoms with van der Waals surface area (Å²) in [4.78, 5) is 20.8. The molecule has 1 unspecified atom stereocenters. The fraction of sp³-hybridized carbons (Fsp3) is 0.0741. The van der Waals surface area contributed by atoms with Crippen molar-refractivity contribution in [1.29, 1.82) is 0 Å². The van der Waals surface area contributed by atoms with E-state index in [9.17, 15) is 9.18 Å². The normalized spacial score (nSPS) is 11.7. The molecule has 0 aliphatic rings. The third kappa shape index (κ3) is 5.64. The van der Waals surface area contributed by atoms with Crippen molar-refractivity contribution >= 4 is 35.5 Å². The molecule has 0 spiro atoms. The van der Waals surface area contributed by atoms with E-state index in [4.69, 9.17) is 9.15 Å². The Morgan fingerprint density at radius 2 is 1.75 bits per heavy atom. The number of oxazole rings is 1. The van der Waals surface area contributed by atoms with Gasteiger partial charge in [-0.3, -0.25) is 4.79 Å². The number of thiol groups is 1. The minimum absolute atomic E-state index is 0.137. The molecule has 0 fully saturated rings. The monoisotopic (exact) mass is 500 g/mol. The molecule has 2 aromatic heterocycles. The van der Waals surface area contributed by atoms with E-state index in [1.54, 1.807) is 36.5 Å². The topological polar surface area (TPSA) is 89.3 Å². The lowest BCUT2D eigenvalue weighted by molar-refractivity contribution is -0.120. The number of amides is 1. The highest BCUT2D eigenvalue weighted by molar-refractivity contribution is 7.81. The lowest BCUT2D eigenvalue weighted by Gasteiger charge is -2.16. The van der Waals surface area contributed by atoms with Crippen LogP contribution < -0.4 is 15.4 Å². The molecular weight excluding hydrogens is 479 g/mol. The van der Waals surface area contributed by atoms with Crippen molar-refractivity contribution in [3.05, 3.63) is 103 Å². The van der Waals surface area contributed by atoms with Crippen LogP contribution in [0.1, 0.15) is 5.56 Å². The number of fused-ring (bicyclic) bond motifs is 1. The quantitative estimate of drug-likeness (QED) is 0.184. The number of aromatic nitrogens is 2. The molecule has 0 bridgehead atoms. The molecule has 0 saturated heterocycles. The van der Waals surface area contributed by atoms with Gasteiger partial charge in [-0.05, 0) is 54.1 Å². The first kappa shape index (κ1) is 23.4. The number of hydrogen-bond donors (Lipinski definition) is 3. The molecule has 0 radical (unpaired) electrons. The van der Waals surface area contributed by atoms with Crippen molar-refractivity contribution in [2.45, 2.75) is 11.9 Å². The summed E-state index contributed by atoms with van der Waals surface area (Å²) in [6.07, 6.45) is 1.85. The van der Waals surface area contributed by atoms with Gasteiger partial charge in [0.15, 0.2) is 5.75 Å². The number of halogens is 1. The van der Waals surface area contributed by atoms with Crippen LogP contribution in [-0.2, 0) is 11.2 Å². The van der Waals surface area contributed by atoms with Crippen molar-refractivity contribution in [3.8, 4) is 23.0 Å². The maximum absolute atomic E-state index is 13.2. The zero-order valence-corrected chi connectivity index (χ0v) is 19.8. The Kier molecular flexibility index (Phi) is 6.81. The molecular formula is C27H21FN4O3S. The lowest BCUT2D eigenvalue weighted by Crippen LogP contribution is -2.37. The number of ether oxygens (including phenoxy) is 1. The van der Waals surface area contributed by atoms with Gasteiger partial charge in [0.25, 0.3) is 0 Å². The summed E-state index contributed by atoms with van der Waals surface area (Å²) in [5.74, 6) is 0.858. The van der Waals surface area contributed by atoms with Gasteiger partial charge in [-0.1, -0.05) is 30.3 Å². The van der Waals surface area contributed by atoms with Gasteiger partial charge in [0.05, 0.1) is 6.42 Å². The molecule has 36 heavy (non-hydrogen) atoms. The van der Waals surface area contributed by atoms with Crippen LogP contribution in [0.15, 0.2) is 95.5 Å². The number of anilines is 1. The number of pyridine rings is 1. The van der Waals surface area contributed by atoms with E-state index in [1.165, 1.54) is 12.1 Å². The Balaban J connectivity index is 1.23. The van der Waals surface area contributed by atoms with Crippen LogP contribution in [0.2, 0.25) is 0 Å². The molecule has 9 heteroatoms. The second kappa shape index (κ2) is 10.5. The van der Waals surface area contributed by atoms with E-state index in [0.29, 0.717) is 34.2 Å². The third-order valence-corrected chi connectivity index (χ3v) is 5.50. The van der Waals surface area contributed by atoms with Crippen molar-refractivity contribution in [1.82, 2.24) is 15.3 Å². The Morgan fingerprint density at radius 1 is 1.00 bits per heavy atom. The second-order valence-corrected chi connectivity index (χ2v) is 8.41. The average molecular weight is 501 g/mol. The van der Waals surface area contributed by atoms with Crippen LogP contribution in [0.4, 0.5) is 10.1 Å². The number of nitrogens with one attached hydrogen (secondary N) is 2. The van der Waals surface area contributed by atoms with Gasteiger partial charge in [-0.25, -0.2) is 9.37 Å². The first-order chi connectivity index (χ1) is 17.5. The molecule has 0 aliphatic heterocycles. The maximum atomic E-state index is 13.2. The minimum atomic E-state index is -0.563. The van der Waals surface area contributed by atoms with Crippen molar-refractivity contribution in [2.75, 3.05) is 5.32 Å². The average Bonchev–Trinajstić information content (AvgIpc) is 3.31. The third-order valence-electron chi connectivity index (χ3n) is 5.24. The fourth-order valence-corrected chi connectivity index (χ4v) is 3.83. The Labute approximate surface area is 211 Å². The van der Waals surface area contributed by atoms with Crippen molar-refractivity contribution < 1.29 is 18.3 Å². The van der Waals surface area contributed by atoms with Gasteiger partial charge in [0.1, 0.15) is 17.1 Å². The molecule has 2 N–H and O–H groups in total. The number of hydrogen-bond acceptors (Lipinski definition) is 7. The summed E-state index contributed by atoms with van der Waals surface area (Å²) in [5.41, 5.74) is 2.52. The highest BCUT2D eigenvalue weighted by Gasteiger charge is 2.15. The van der Waals surface area contributed by atoms with E-state index in [1.807, 2.05) is 42.5 Å². The molecule has 5 rings (SSSR count). The van der Waals surface area contributed by atoms with Crippen molar-refractivity contribution in [2.24, 2.45) is 0 Å². The number of rotatable bonds is 8. The zero-order valence-electron chi connectivity index (χ0n) is 18.9. The standard InChI is InChI=1S/C27H21FN4O3S/c28-19-8-6-18(7-9-19)26-32-25-24(35-26)22(14-15-29-25)34-21-12-10-20(11-13-21)30-27(36)31-23(33)16-17-4-2-1-3-5-17/h1-15,27,30,36H,16H2,(H,31,33). The largest absolute Gasteiger partial charge is 0.453 e. The van der Waals surface area contributed by atoms with Gasteiger partial charge in [0, 0.05) is 23.5 Å². The molecule has 2 heterocycles. The molecule has 180 valence electrons. The van der Waals surface area contributed by atoms with E-state index in [0.717, 1.165) is 11.3 Å². The van der Waals surface area contributed by atoms with Gasteiger partial charge < -0.3 is 19.8 Å². The second-order valence-electron chi connectivity index (χ2n) is 7.89. The summed E-state index contributed by atoms with van der Waals surface area (Å²) in [6, 6.07) is 24.2. The number of benzene rings is 3. The van der Waals surface area contributed by atoms with Gasteiger partial charge in [-0.15, -0.1) is 12.6 Å². The smallest absolute Gasteiger partial charge is 0.229 e. The van der Waals surface area contributed by atoms with Crippen molar-refractivity contribution in [3.63, 3.8) is 0 Å². The van der Waals surface area contributed by atoms with Gasteiger partial charge in [-0.2, -0.15) is 4.98 Å². The number of nitrogens with zero attached hydrogens (tertiary/aromatic N) is 2. The van der Waals surface area contributed by atoms with Gasteiger partial charge in [0.2, 0.25) is 23.0 Å². The van der Waals surface area contributed by atoms with Gasteiger partial charge >= 0.3 is 0 Å². The minimum Gasteiger partial charge on any atom is -0.453 e. The lowest BCUT2D eigenvalue weighted by atomic mass is 10.1. The predicted molar refractivity (Wildman–Crippen MR) is 138 cm³/mol. The van der Waals surface area contributed by atoms with E-state index < -0.39 is 5.50 Å². The molecule has 0 aliphatic carbocycles. The Bertz CT molecular complexity index is 1480. The van der Waals surface area contributed by atoms with E-state index >= 15 is 0 Å². The summed E-state index contributed by atoms with van der Waals surface area (Å²) < 4.78 is 25.1. The highest BCUT2D eigenvalue weighted by atomic mass is 32.1. The van der Waals surface area contributed by atoms with Crippen LogP contribution in [0.5, 0.6) is 11.5 Å². The zero-order chi connectivity index (χ0) is 24.9. The van der Waals surface area contributed by atoms with E-state index in [2.05, 4.69) is 33.2 Å². The summed E-state index contributed by atoms with van der Waals surface area (Å²) >= 11 is 4.41. The first-order valence-corrected chi connectivity index (χ1v) is 11.6. The molecule has 5 aromatic rings. The van der Waals surface area contributed by atoms with E-state index in [-0.39, 0.29) is 18.1 Å². The fourth-order valence-electron chi connectivity index (χ4n) is 3.53. The van der Waals surface area contributed by atoms with Crippen LogP contribution >= 0.6 is 12.6 Å². The predicted octanol–water partition coefficient (Wildman–Crippen LogP) is 5.81. The Morgan fingerprint density at radius 3 is 2.50 bits per heavy atom.